The van der Waals surface area contributed by atoms with Crippen molar-refractivity contribution in [2.45, 2.75) is 26.6 Å². The van der Waals surface area contributed by atoms with E-state index in [0.29, 0.717) is 31.0 Å². The molecule has 3 aromatic heterocycles. The quantitative estimate of drug-likeness (QED) is 0.410. The second-order valence-corrected chi connectivity index (χ2v) is 8.39. The van der Waals surface area contributed by atoms with Gasteiger partial charge in [0.15, 0.2) is 0 Å². The van der Waals surface area contributed by atoms with Crippen LogP contribution in [0.2, 0.25) is 0 Å². The Hall–Kier alpha value is -3.32. The fourth-order valence-corrected chi connectivity index (χ4v) is 4.01. The number of carbonyl (C=O) groups is 1. The summed E-state index contributed by atoms with van der Waals surface area (Å²) in [6.45, 7) is 3.39. The Labute approximate surface area is 179 Å². The third-order valence-electron chi connectivity index (χ3n) is 4.75. The van der Waals surface area contributed by atoms with Crippen LogP contribution in [-0.4, -0.2) is 20.4 Å². The highest BCUT2D eigenvalue weighted by Gasteiger charge is 2.19. The Morgan fingerprint density at radius 1 is 1.17 bits per heavy atom. The summed E-state index contributed by atoms with van der Waals surface area (Å²) >= 11 is 1.70. The topological polar surface area (TPSA) is 60.5 Å². The summed E-state index contributed by atoms with van der Waals surface area (Å²) in [7, 11) is 1.93. The van der Waals surface area contributed by atoms with Gasteiger partial charge in [-0.15, -0.1) is 11.3 Å². The van der Waals surface area contributed by atoms with Crippen molar-refractivity contribution in [2.24, 2.45) is 7.05 Å². The van der Waals surface area contributed by atoms with Gasteiger partial charge in [0.05, 0.1) is 19.4 Å². The van der Waals surface area contributed by atoms with E-state index in [4.69, 9.17) is 9.15 Å². The molecule has 0 aliphatic carbocycles. The maximum atomic E-state index is 13.2. The molecule has 7 heteroatoms. The zero-order chi connectivity index (χ0) is 20.9. The standard InChI is InChI=1S/C23H23N3O3S/c1-17-5-10-21(30-17)15-26(14-20-4-3-13-28-20)23(27)18-6-8-19(9-7-18)29-16-22-24-11-12-25(22)2/h3-13H,14-16H2,1-2H3. The number of imidazole rings is 1. The number of amides is 1. The van der Waals surface area contributed by atoms with Gasteiger partial charge in [-0.1, -0.05) is 0 Å². The molecule has 0 aliphatic rings. The van der Waals surface area contributed by atoms with Crippen molar-refractivity contribution in [3.05, 3.63) is 94.1 Å². The SMILES string of the molecule is Cc1ccc(CN(Cc2ccco2)C(=O)c2ccc(OCc3nccn3C)cc2)s1. The fraction of sp³-hybridized carbons (Fsp3) is 0.217. The van der Waals surface area contributed by atoms with Crippen molar-refractivity contribution >= 4 is 17.2 Å². The first-order chi connectivity index (χ1) is 14.6. The summed E-state index contributed by atoms with van der Waals surface area (Å²) in [5, 5.41) is 0. The lowest BCUT2D eigenvalue weighted by molar-refractivity contribution is 0.0719. The van der Waals surface area contributed by atoms with Crippen molar-refractivity contribution in [3.8, 4) is 5.75 Å². The van der Waals surface area contributed by atoms with E-state index >= 15 is 0 Å². The van der Waals surface area contributed by atoms with Gasteiger partial charge in [-0.25, -0.2) is 4.98 Å². The minimum atomic E-state index is -0.0481. The number of rotatable bonds is 8. The molecule has 0 saturated heterocycles. The summed E-state index contributed by atoms with van der Waals surface area (Å²) in [4.78, 5) is 21.6. The Kier molecular flexibility index (Phi) is 5.99. The molecule has 30 heavy (non-hydrogen) atoms. The van der Waals surface area contributed by atoms with Crippen LogP contribution in [-0.2, 0) is 26.7 Å². The predicted molar refractivity (Wildman–Crippen MR) is 115 cm³/mol. The van der Waals surface area contributed by atoms with Gasteiger partial charge in [0.1, 0.15) is 23.9 Å². The van der Waals surface area contributed by atoms with Gasteiger partial charge in [0.25, 0.3) is 5.91 Å². The molecule has 0 aliphatic heterocycles. The summed E-state index contributed by atoms with van der Waals surface area (Å²) in [6.07, 6.45) is 5.24. The Bertz CT molecular complexity index is 1100. The molecule has 3 heterocycles. The number of hydrogen-bond donors (Lipinski definition) is 0. The minimum absolute atomic E-state index is 0.0481. The molecule has 1 amide bonds. The lowest BCUT2D eigenvalue weighted by Gasteiger charge is -2.21. The van der Waals surface area contributed by atoms with Crippen LogP contribution in [0.4, 0.5) is 0 Å². The molecule has 0 fully saturated rings. The first-order valence-electron chi connectivity index (χ1n) is 9.64. The summed E-state index contributed by atoms with van der Waals surface area (Å²) in [6, 6.07) is 15.1. The van der Waals surface area contributed by atoms with Crippen molar-refractivity contribution in [3.63, 3.8) is 0 Å². The first kappa shape index (κ1) is 20.0. The largest absolute Gasteiger partial charge is 0.486 e. The van der Waals surface area contributed by atoms with Crippen molar-refractivity contribution < 1.29 is 13.9 Å². The number of benzene rings is 1. The molecule has 0 saturated carbocycles. The molecule has 4 aromatic rings. The fourth-order valence-electron chi connectivity index (χ4n) is 3.11. The molecule has 154 valence electrons. The van der Waals surface area contributed by atoms with E-state index in [0.717, 1.165) is 16.5 Å². The average molecular weight is 422 g/mol. The van der Waals surface area contributed by atoms with Gasteiger partial charge in [0.2, 0.25) is 0 Å². The van der Waals surface area contributed by atoms with Crippen molar-refractivity contribution in [1.29, 1.82) is 0 Å². The number of hydrogen-bond acceptors (Lipinski definition) is 5. The smallest absolute Gasteiger partial charge is 0.254 e. The highest BCUT2D eigenvalue weighted by atomic mass is 32.1. The Balaban J connectivity index is 1.46. The molecule has 6 nitrogen and oxygen atoms in total. The molecule has 1 aromatic carbocycles. The van der Waals surface area contributed by atoms with Crippen molar-refractivity contribution in [1.82, 2.24) is 14.5 Å². The number of ether oxygens (including phenoxy) is 1. The third kappa shape index (κ3) is 4.80. The number of nitrogens with zero attached hydrogens (tertiary/aromatic N) is 3. The predicted octanol–water partition coefficient (Wildman–Crippen LogP) is 4.80. The highest BCUT2D eigenvalue weighted by molar-refractivity contribution is 7.11. The molecule has 0 N–H and O–H groups in total. The van der Waals surface area contributed by atoms with Crippen LogP contribution in [0.15, 0.2) is 71.6 Å². The highest BCUT2D eigenvalue weighted by Crippen LogP contribution is 2.21. The van der Waals surface area contributed by atoms with Gasteiger partial charge in [-0.2, -0.15) is 0 Å². The molecular weight excluding hydrogens is 398 g/mol. The van der Waals surface area contributed by atoms with E-state index in [1.165, 1.54) is 4.88 Å². The van der Waals surface area contributed by atoms with Gasteiger partial charge < -0.3 is 18.6 Å². The monoisotopic (exact) mass is 421 g/mol. The van der Waals surface area contributed by atoms with Gasteiger partial charge in [0, 0.05) is 34.8 Å². The second-order valence-electron chi connectivity index (χ2n) is 7.02. The Morgan fingerprint density at radius 3 is 2.63 bits per heavy atom. The number of aromatic nitrogens is 2. The second kappa shape index (κ2) is 9.00. The van der Waals surface area contributed by atoms with Gasteiger partial charge in [-0.3, -0.25) is 4.79 Å². The first-order valence-corrected chi connectivity index (χ1v) is 10.5. The van der Waals surface area contributed by atoms with Crippen LogP contribution in [0.5, 0.6) is 5.75 Å². The van der Waals surface area contributed by atoms with Crippen LogP contribution < -0.4 is 4.74 Å². The van der Waals surface area contributed by atoms with Crippen LogP contribution in [0.1, 0.15) is 31.7 Å². The summed E-state index contributed by atoms with van der Waals surface area (Å²) in [5.74, 6) is 2.24. The lowest BCUT2D eigenvalue weighted by Crippen LogP contribution is -2.29. The van der Waals surface area contributed by atoms with E-state index in [2.05, 4.69) is 24.0 Å². The summed E-state index contributed by atoms with van der Waals surface area (Å²) in [5.41, 5.74) is 0.610. The zero-order valence-corrected chi connectivity index (χ0v) is 17.8. The lowest BCUT2D eigenvalue weighted by atomic mass is 10.2. The minimum Gasteiger partial charge on any atom is -0.486 e. The van der Waals surface area contributed by atoms with Crippen LogP contribution >= 0.6 is 11.3 Å². The molecule has 0 spiro atoms. The molecule has 4 rings (SSSR count). The number of aryl methyl sites for hydroxylation is 2. The van der Waals surface area contributed by atoms with Crippen LogP contribution in [0, 0.1) is 6.92 Å². The van der Waals surface area contributed by atoms with E-state index in [1.807, 2.05) is 42.1 Å². The molecule has 0 atom stereocenters. The van der Waals surface area contributed by atoms with E-state index in [-0.39, 0.29) is 5.91 Å². The van der Waals surface area contributed by atoms with E-state index < -0.39 is 0 Å². The maximum Gasteiger partial charge on any atom is 0.254 e. The van der Waals surface area contributed by atoms with Crippen LogP contribution in [0.3, 0.4) is 0 Å². The normalized spacial score (nSPS) is 10.9. The maximum absolute atomic E-state index is 13.2. The Morgan fingerprint density at radius 2 is 2.00 bits per heavy atom. The molecule has 0 unspecified atom stereocenters. The number of thiophene rings is 1. The van der Waals surface area contributed by atoms with E-state index in [1.54, 1.807) is 40.8 Å². The van der Waals surface area contributed by atoms with Crippen molar-refractivity contribution in [2.75, 3.05) is 0 Å². The number of furan rings is 1. The average Bonchev–Trinajstić information content (AvgIpc) is 3.49. The molecular formula is C23H23N3O3S. The molecule has 0 radical (unpaired) electrons. The van der Waals surface area contributed by atoms with Gasteiger partial charge in [-0.05, 0) is 55.5 Å². The third-order valence-corrected chi connectivity index (χ3v) is 5.73. The van der Waals surface area contributed by atoms with Gasteiger partial charge >= 0.3 is 0 Å². The number of carbonyl (C=O) groups excluding carboxylic acids is 1. The van der Waals surface area contributed by atoms with Crippen LogP contribution in [0.25, 0.3) is 0 Å². The summed E-state index contributed by atoms with van der Waals surface area (Å²) < 4.78 is 13.2. The zero-order valence-electron chi connectivity index (χ0n) is 16.9. The van der Waals surface area contributed by atoms with E-state index in [9.17, 15) is 4.79 Å². The molecule has 0 bridgehead atoms.